The second kappa shape index (κ2) is 4.85. The molecule has 0 radical (unpaired) electrons. The van der Waals surface area contributed by atoms with Crippen LogP contribution in [0.5, 0.6) is 5.75 Å². The Labute approximate surface area is 112 Å². The summed E-state index contributed by atoms with van der Waals surface area (Å²) >= 11 is 0. The summed E-state index contributed by atoms with van der Waals surface area (Å²) in [6.45, 7) is 1.76. The van der Waals surface area contributed by atoms with E-state index in [0.29, 0.717) is 11.8 Å². The lowest BCUT2D eigenvalue weighted by Crippen LogP contribution is -2.37. The number of carbonyl (C=O) groups is 1. The summed E-state index contributed by atoms with van der Waals surface area (Å²) in [5.74, 6) is 0.648. The van der Waals surface area contributed by atoms with Crippen molar-refractivity contribution < 1.29 is 14.6 Å². The van der Waals surface area contributed by atoms with Crippen molar-refractivity contribution in [2.75, 3.05) is 0 Å². The predicted molar refractivity (Wildman–Crippen MR) is 71.0 cm³/mol. The zero-order chi connectivity index (χ0) is 13.4. The van der Waals surface area contributed by atoms with E-state index in [0.717, 1.165) is 36.8 Å². The van der Waals surface area contributed by atoms with Gasteiger partial charge in [-0.15, -0.1) is 0 Å². The number of carbonyl (C=O) groups excluding carboxylic acids is 1. The summed E-state index contributed by atoms with van der Waals surface area (Å²) < 4.78 is 5.67. The van der Waals surface area contributed by atoms with E-state index in [1.54, 1.807) is 6.92 Å². The SMILES string of the molecule is CC(Oc1ccc2c(c1)CCC2O)C(=O)NC1CC1. The van der Waals surface area contributed by atoms with Gasteiger partial charge in [-0.1, -0.05) is 6.07 Å². The van der Waals surface area contributed by atoms with Crippen LogP contribution < -0.4 is 10.1 Å². The Morgan fingerprint density at radius 2 is 2.21 bits per heavy atom. The normalized spacial score (nSPS) is 22.7. The summed E-state index contributed by atoms with van der Waals surface area (Å²) in [5, 5.41) is 12.7. The fourth-order valence-corrected chi connectivity index (χ4v) is 2.45. The Kier molecular flexibility index (Phi) is 3.19. The number of hydrogen-bond acceptors (Lipinski definition) is 3. The van der Waals surface area contributed by atoms with Crippen LogP contribution in [-0.2, 0) is 11.2 Å². The molecule has 2 atom stereocenters. The third-order valence-electron chi connectivity index (χ3n) is 3.77. The van der Waals surface area contributed by atoms with Crippen molar-refractivity contribution in [1.82, 2.24) is 5.32 Å². The molecule has 0 aromatic heterocycles. The number of benzene rings is 1. The molecule has 0 heterocycles. The van der Waals surface area contributed by atoms with Crippen LogP contribution in [0.3, 0.4) is 0 Å². The topological polar surface area (TPSA) is 58.6 Å². The second-order valence-electron chi connectivity index (χ2n) is 5.46. The van der Waals surface area contributed by atoms with Gasteiger partial charge in [0.25, 0.3) is 5.91 Å². The lowest BCUT2D eigenvalue weighted by molar-refractivity contribution is -0.127. The summed E-state index contributed by atoms with van der Waals surface area (Å²) in [7, 11) is 0. The highest BCUT2D eigenvalue weighted by molar-refractivity contribution is 5.81. The summed E-state index contributed by atoms with van der Waals surface area (Å²) in [4.78, 5) is 11.8. The minimum atomic E-state index is -0.482. The van der Waals surface area contributed by atoms with E-state index >= 15 is 0 Å². The molecule has 19 heavy (non-hydrogen) atoms. The molecule has 2 unspecified atom stereocenters. The van der Waals surface area contributed by atoms with Gasteiger partial charge in [-0.3, -0.25) is 4.79 Å². The average Bonchev–Trinajstić information content (AvgIpc) is 3.13. The van der Waals surface area contributed by atoms with Crippen molar-refractivity contribution in [3.05, 3.63) is 29.3 Å². The summed E-state index contributed by atoms with van der Waals surface area (Å²) in [6, 6.07) is 6.02. The monoisotopic (exact) mass is 261 g/mol. The van der Waals surface area contributed by atoms with Crippen molar-refractivity contribution in [3.8, 4) is 5.75 Å². The second-order valence-corrected chi connectivity index (χ2v) is 5.46. The number of hydrogen-bond donors (Lipinski definition) is 2. The molecular formula is C15H19NO3. The Morgan fingerprint density at radius 3 is 2.95 bits per heavy atom. The molecule has 4 nitrogen and oxygen atoms in total. The number of aryl methyl sites for hydroxylation is 1. The van der Waals surface area contributed by atoms with Gasteiger partial charge in [-0.05, 0) is 55.9 Å². The highest BCUT2D eigenvalue weighted by atomic mass is 16.5. The third-order valence-corrected chi connectivity index (χ3v) is 3.77. The average molecular weight is 261 g/mol. The molecule has 2 N–H and O–H groups in total. The quantitative estimate of drug-likeness (QED) is 0.867. The van der Waals surface area contributed by atoms with E-state index in [4.69, 9.17) is 4.74 Å². The van der Waals surface area contributed by atoms with Gasteiger partial charge in [0.05, 0.1) is 6.10 Å². The van der Waals surface area contributed by atoms with Gasteiger partial charge >= 0.3 is 0 Å². The van der Waals surface area contributed by atoms with Gasteiger partial charge in [0, 0.05) is 6.04 Å². The van der Waals surface area contributed by atoms with Crippen molar-refractivity contribution in [3.63, 3.8) is 0 Å². The highest BCUT2D eigenvalue weighted by Crippen LogP contribution is 2.33. The Bertz CT molecular complexity index is 496. The minimum absolute atomic E-state index is 0.0527. The van der Waals surface area contributed by atoms with Gasteiger partial charge in [0.15, 0.2) is 6.10 Å². The van der Waals surface area contributed by atoms with Gasteiger partial charge < -0.3 is 15.2 Å². The smallest absolute Gasteiger partial charge is 0.260 e. The molecule has 0 saturated heterocycles. The van der Waals surface area contributed by atoms with E-state index in [9.17, 15) is 9.90 Å². The molecule has 2 aliphatic rings. The number of fused-ring (bicyclic) bond motifs is 1. The van der Waals surface area contributed by atoms with Crippen LogP contribution in [0.15, 0.2) is 18.2 Å². The summed E-state index contributed by atoms with van der Waals surface area (Å²) in [5.41, 5.74) is 2.11. The molecular weight excluding hydrogens is 242 g/mol. The molecule has 0 aliphatic heterocycles. The number of ether oxygens (including phenoxy) is 1. The Morgan fingerprint density at radius 1 is 1.42 bits per heavy atom. The maximum Gasteiger partial charge on any atom is 0.260 e. The van der Waals surface area contributed by atoms with E-state index < -0.39 is 6.10 Å². The maximum absolute atomic E-state index is 11.8. The van der Waals surface area contributed by atoms with Crippen LogP contribution in [-0.4, -0.2) is 23.2 Å². The first-order valence-electron chi connectivity index (χ1n) is 6.91. The molecule has 1 aromatic carbocycles. The fraction of sp³-hybridized carbons (Fsp3) is 0.533. The Balaban J connectivity index is 1.64. The molecule has 1 fully saturated rings. The van der Waals surface area contributed by atoms with Crippen LogP contribution in [0.2, 0.25) is 0 Å². The largest absolute Gasteiger partial charge is 0.481 e. The number of rotatable bonds is 4. The molecule has 2 aliphatic carbocycles. The number of nitrogens with one attached hydrogen (secondary N) is 1. The Hall–Kier alpha value is -1.55. The first-order chi connectivity index (χ1) is 9.13. The van der Waals surface area contributed by atoms with Gasteiger partial charge in [-0.2, -0.15) is 0 Å². The lowest BCUT2D eigenvalue weighted by Gasteiger charge is -2.15. The van der Waals surface area contributed by atoms with Crippen LogP contribution in [0.25, 0.3) is 0 Å². The van der Waals surface area contributed by atoms with Crippen LogP contribution in [0.1, 0.15) is 43.4 Å². The van der Waals surface area contributed by atoms with E-state index in [-0.39, 0.29) is 12.0 Å². The molecule has 0 spiro atoms. The minimum Gasteiger partial charge on any atom is -0.481 e. The standard InChI is InChI=1S/C15H19NO3/c1-9(15(18)16-11-3-4-11)19-12-5-6-13-10(8-12)2-7-14(13)17/h5-6,8-9,11,14,17H,2-4,7H2,1H3,(H,16,18). The van der Waals surface area contributed by atoms with Crippen molar-refractivity contribution in [2.24, 2.45) is 0 Å². The molecule has 1 amide bonds. The maximum atomic E-state index is 11.8. The molecule has 4 heteroatoms. The molecule has 102 valence electrons. The first-order valence-corrected chi connectivity index (χ1v) is 6.91. The fourth-order valence-electron chi connectivity index (χ4n) is 2.45. The van der Waals surface area contributed by atoms with Crippen molar-refractivity contribution >= 4 is 5.91 Å². The molecule has 0 bridgehead atoms. The number of amides is 1. The lowest BCUT2D eigenvalue weighted by atomic mass is 10.1. The van der Waals surface area contributed by atoms with E-state index in [1.165, 1.54) is 0 Å². The van der Waals surface area contributed by atoms with Crippen LogP contribution in [0.4, 0.5) is 0 Å². The number of aliphatic hydroxyl groups excluding tert-OH is 1. The zero-order valence-corrected chi connectivity index (χ0v) is 11.1. The van der Waals surface area contributed by atoms with E-state index in [1.807, 2.05) is 18.2 Å². The third kappa shape index (κ3) is 2.73. The van der Waals surface area contributed by atoms with Gasteiger partial charge in [0.2, 0.25) is 0 Å². The zero-order valence-electron chi connectivity index (χ0n) is 11.1. The number of aliphatic hydroxyl groups is 1. The van der Waals surface area contributed by atoms with E-state index in [2.05, 4.69) is 5.32 Å². The summed E-state index contributed by atoms with van der Waals surface area (Å²) in [6.07, 6.45) is 2.97. The van der Waals surface area contributed by atoms with Crippen LogP contribution >= 0.6 is 0 Å². The first kappa shape index (κ1) is 12.5. The molecule has 1 saturated carbocycles. The highest BCUT2D eigenvalue weighted by Gasteiger charge is 2.27. The van der Waals surface area contributed by atoms with Crippen molar-refractivity contribution in [1.29, 1.82) is 0 Å². The van der Waals surface area contributed by atoms with Crippen LogP contribution in [0, 0.1) is 0 Å². The van der Waals surface area contributed by atoms with Crippen molar-refractivity contribution in [2.45, 2.75) is 50.9 Å². The van der Waals surface area contributed by atoms with Gasteiger partial charge in [-0.25, -0.2) is 0 Å². The molecule has 1 aromatic rings. The van der Waals surface area contributed by atoms with Gasteiger partial charge in [0.1, 0.15) is 5.75 Å². The predicted octanol–water partition coefficient (Wildman–Crippen LogP) is 1.71. The molecule has 3 rings (SSSR count).